The van der Waals surface area contributed by atoms with Gasteiger partial charge in [-0.3, -0.25) is 29.3 Å². The van der Waals surface area contributed by atoms with Crippen LogP contribution in [0.1, 0.15) is 107 Å². The lowest BCUT2D eigenvalue weighted by Gasteiger charge is -2.35. The number of methoxy groups -OCH3 is 6. The molecule has 2 atom stereocenters. The first-order valence-corrected chi connectivity index (χ1v) is 46.1. The van der Waals surface area contributed by atoms with Crippen LogP contribution in [-0.4, -0.2) is 198 Å². The molecular weight excluding hydrogens is 1830 g/mol. The summed E-state index contributed by atoms with van der Waals surface area (Å²) in [6, 6.07) is 31.7. The largest absolute Gasteiger partial charge is 0.495 e. The van der Waals surface area contributed by atoms with Crippen molar-refractivity contribution < 1.29 is 66.2 Å². The van der Waals surface area contributed by atoms with Crippen LogP contribution < -0.4 is 59.1 Å². The molecule has 5 N–H and O–H groups in total. The SMILES string of the molecule is C=CC(=O)Nc1cc(N2CCN(CC)CC2)ccc1Cc1cc2c(cn1)CC(C(C)(O)c1c(Cl)c(OC)cc(OC)c1Cl)=C2.C=CC(=O)Nc1cc(N2CCN(CC)CC2)ccc1Cc1cc2cc(C(C)(O)c3c(Cl)c(OC)cc(OC)c3Cl)sc2cn1.C=CC(=O)Nc1cc(N2CCN(CC)CC2)ccc1Cc1cc2cc(C(F)(F)c3c(Cl)c(OC)cc(OC)c3Cl)oc2cn1. The molecule has 3 saturated heterocycles. The lowest BCUT2D eigenvalue weighted by Crippen LogP contribution is -2.46. The Hall–Kier alpha value is -10.8. The molecule has 6 aromatic carbocycles. The van der Waals surface area contributed by atoms with E-state index in [2.05, 4.69) is 115 Å². The smallest absolute Gasteiger partial charge is 0.333 e. The van der Waals surface area contributed by atoms with Crippen molar-refractivity contribution in [3.63, 3.8) is 0 Å². The van der Waals surface area contributed by atoms with Gasteiger partial charge in [-0.1, -0.05) is 134 Å². The van der Waals surface area contributed by atoms with Crippen LogP contribution in [0.3, 0.4) is 0 Å². The van der Waals surface area contributed by atoms with E-state index < -0.39 is 28.4 Å². The number of aliphatic hydroxyl groups is 2. The summed E-state index contributed by atoms with van der Waals surface area (Å²) in [4.78, 5) is 65.8. The Balaban J connectivity index is 0.000000168. The summed E-state index contributed by atoms with van der Waals surface area (Å²) in [5.74, 6) is -3.88. The standard InChI is InChI=1S/C34H38Cl2N4O4.C33H36Cl2N4O4S.C32H32Cl2F2N4O4/c1-6-30(41)38-27-18-26(40-12-10-39(7-2)11-13-40)9-8-21(27)16-25-17-22-14-24(15-23(22)20-37-25)34(3,42)31-32(35)28(43-4)19-29(44-5)33(31)36;1-6-29(40)37-24-17-23(39-12-10-38(7-2)11-13-39)9-8-20(24)14-22-15-21-16-28(44-27(21)19-36-22)33(3,41)30-31(34)25(42-4)18-26(43-5)32(30)35;1-5-28(41)38-23-16-22(40-11-9-39(6-2)10-12-40)8-7-19(23)13-21-14-20-15-27(44-26(20)18-37-21)32(35,36)29-30(33)24(42-3)17-25(43-4)31(29)34/h6,8-9,14,17-20,42H,1,7,10-13,15-16H2,2-5H3,(H,38,41);6,8-9,15-19,41H,1,7,10-14H2,2-5H3,(H,37,40);5,7-8,14-18H,1,6,9-13H2,2-4H3,(H,38,41). The Kier molecular flexibility index (Phi) is 32.2. The first-order chi connectivity index (χ1) is 63.3. The van der Waals surface area contributed by atoms with Crippen LogP contribution in [0.4, 0.5) is 42.9 Å². The summed E-state index contributed by atoms with van der Waals surface area (Å²) in [6.07, 6.45) is 12.6. The normalized spacial score (nSPS) is 15.2. The fourth-order valence-corrected chi connectivity index (χ4v) is 20.2. The molecule has 24 nitrogen and oxygen atoms in total. The molecule has 132 heavy (non-hydrogen) atoms. The average molecular weight is 1940 g/mol. The van der Waals surface area contributed by atoms with E-state index >= 15 is 8.78 Å². The van der Waals surface area contributed by atoms with Crippen molar-refractivity contribution in [2.45, 2.75) is 77.4 Å². The fourth-order valence-electron chi connectivity index (χ4n) is 16.6. The molecule has 0 radical (unpaired) electrons. The number of nitrogens with zero attached hydrogens (tertiary/aromatic N) is 9. The minimum Gasteiger partial charge on any atom is -0.495 e. The number of halogens is 8. The zero-order valence-electron chi connectivity index (χ0n) is 75.3. The third kappa shape index (κ3) is 21.7. The van der Waals surface area contributed by atoms with Crippen LogP contribution in [-0.2, 0) is 57.2 Å². The average Bonchev–Trinajstić information content (AvgIpc) is 1.56. The Morgan fingerprint density at radius 3 is 1.18 bits per heavy atom. The van der Waals surface area contributed by atoms with Gasteiger partial charge in [-0.25, -0.2) is 0 Å². The quantitative estimate of drug-likeness (QED) is 0.0262. The molecule has 11 aromatic rings. The minimum atomic E-state index is -3.73. The number of benzene rings is 6. The molecule has 5 aromatic heterocycles. The first kappa shape index (κ1) is 98.7. The summed E-state index contributed by atoms with van der Waals surface area (Å²) >= 11 is 40.6. The Labute approximate surface area is 801 Å². The number of alkyl halides is 2. The molecule has 15 rings (SSSR count). The third-order valence-corrected chi connectivity index (χ3v) is 28.0. The first-order valence-electron chi connectivity index (χ1n) is 43.0. The highest BCUT2D eigenvalue weighted by Crippen LogP contribution is 2.54. The molecular formula is C99H106Cl6F2N12O12S. The molecule has 2 unspecified atom stereocenters. The van der Waals surface area contributed by atoms with Gasteiger partial charge in [0, 0.05) is 201 Å². The number of hydrogen-bond donors (Lipinski definition) is 5. The molecule has 33 heteroatoms. The molecule has 1 aliphatic carbocycles. The molecule has 3 aliphatic heterocycles. The van der Waals surface area contributed by atoms with Gasteiger partial charge in [-0.2, -0.15) is 8.78 Å². The van der Waals surface area contributed by atoms with E-state index in [4.69, 9.17) is 112 Å². The predicted octanol–water partition coefficient (Wildman–Crippen LogP) is 20.0. The molecule has 696 valence electrons. The molecule has 0 bridgehead atoms. The number of furan rings is 1. The zero-order chi connectivity index (χ0) is 94.8. The minimum absolute atomic E-state index is 0.0174. The van der Waals surface area contributed by atoms with Gasteiger partial charge in [0.1, 0.15) is 45.7 Å². The molecule has 3 amide bonds. The van der Waals surface area contributed by atoms with Gasteiger partial charge in [0.15, 0.2) is 11.3 Å². The maximum absolute atomic E-state index is 15.9. The highest BCUT2D eigenvalue weighted by atomic mass is 35.5. The topological polar surface area (TPSA) is 254 Å². The maximum Gasteiger partial charge on any atom is 0.333 e. The van der Waals surface area contributed by atoms with E-state index in [-0.39, 0.29) is 64.9 Å². The van der Waals surface area contributed by atoms with E-state index in [1.54, 1.807) is 38.2 Å². The number of likely N-dealkylation sites (N-methyl/N-ethyl adjacent to an activating group) is 3. The van der Waals surface area contributed by atoms with Crippen molar-refractivity contribution >= 4 is 160 Å². The number of anilines is 6. The molecule has 0 spiro atoms. The monoisotopic (exact) mass is 1930 g/mol. The van der Waals surface area contributed by atoms with Gasteiger partial charge in [0.25, 0.3) is 0 Å². The van der Waals surface area contributed by atoms with Crippen molar-refractivity contribution in [3.05, 3.63) is 268 Å². The maximum atomic E-state index is 15.9. The van der Waals surface area contributed by atoms with Gasteiger partial charge in [-0.05, 0) is 164 Å². The number of aromatic nitrogens is 3. The van der Waals surface area contributed by atoms with Crippen molar-refractivity contribution in [2.75, 3.05) is 171 Å². The summed E-state index contributed by atoms with van der Waals surface area (Å²) in [5, 5.41) is 34.1. The Morgan fingerprint density at radius 1 is 0.462 bits per heavy atom. The van der Waals surface area contributed by atoms with E-state index in [0.717, 1.165) is 181 Å². The number of ether oxygens (including phenoxy) is 6. The molecule has 0 saturated carbocycles. The Morgan fingerprint density at radius 2 is 0.811 bits per heavy atom. The van der Waals surface area contributed by atoms with Gasteiger partial charge < -0.3 is 88.4 Å². The second kappa shape index (κ2) is 43.1. The number of amides is 3. The lowest BCUT2D eigenvalue weighted by molar-refractivity contribution is -0.112. The number of pyridine rings is 3. The number of rotatable bonds is 30. The van der Waals surface area contributed by atoms with Gasteiger partial charge in [0.05, 0.1) is 89.3 Å². The molecule has 3 fully saturated rings. The van der Waals surface area contributed by atoms with E-state index in [0.29, 0.717) is 81.5 Å². The van der Waals surface area contributed by atoms with Gasteiger partial charge >= 0.3 is 5.92 Å². The number of thiophene rings is 1. The summed E-state index contributed by atoms with van der Waals surface area (Å²) in [5.41, 5.74) is 9.87. The highest BCUT2D eigenvalue weighted by Gasteiger charge is 2.45. The number of carbonyl (C=O) groups is 3. The van der Waals surface area contributed by atoms with Crippen molar-refractivity contribution in [1.29, 1.82) is 0 Å². The van der Waals surface area contributed by atoms with Crippen LogP contribution in [0.25, 0.3) is 27.1 Å². The summed E-state index contributed by atoms with van der Waals surface area (Å²) in [6.45, 7) is 35.2. The van der Waals surface area contributed by atoms with Crippen LogP contribution in [0, 0.1) is 0 Å². The zero-order valence-corrected chi connectivity index (χ0v) is 80.7. The number of carbonyl (C=O) groups excluding carboxylic acids is 3. The van der Waals surface area contributed by atoms with Crippen molar-refractivity contribution in [3.8, 4) is 34.5 Å². The second-order valence-electron chi connectivity index (χ2n) is 32.3. The molecule has 4 aliphatic rings. The van der Waals surface area contributed by atoms with Gasteiger partial charge in [-0.15, -0.1) is 11.3 Å². The lowest BCUT2D eigenvalue weighted by atomic mass is 9.86. The van der Waals surface area contributed by atoms with E-state index in [9.17, 15) is 24.6 Å². The fraction of sp³-hybridized carbons (Fsp3) is 0.333. The van der Waals surface area contributed by atoms with Crippen LogP contribution in [0.15, 0.2) is 170 Å². The predicted molar refractivity (Wildman–Crippen MR) is 527 cm³/mol. The van der Waals surface area contributed by atoms with Crippen LogP contribution in [0.2, 0.25) is 30.1 Å². The number of hydrogen-bond acceptors (Lipinski definition) is 22. The Bertz CT molecular complexity index is 5850. The number of piperazine rings is 3. The number of nitrogens with one attached hydrogen (secondary N) is 3. The highest BCUT2D eigenvalue weighted by molar-refractivity contribution is 7.19. The molecule has 8 heterocycles. The second-order valence-corrected chi connectivity index (χ2v) is 35.7. The van der Waals surface area contributed by atoms with Crippen LogP contribution >= 0.6 is 80.9 Å². The van der Waals surface area contributed by atoms with Gasteiger partial charge in [0.2, 0.25) is 17.7 Å². The number of fused-ring (bicyclic) bond motifs is 3. The van der Waals surface area contributed by atoms with E-state index in [1.165, 1.54) is 90.6 Å². The van der Waals surface area contributed by atoms with Crippen LogP contribution in [0.5, 0.6) is 34.5 Å². The third-order valence-electron chi connectivity index (χ3n) is 24.4. The van der Waals surface area contributed by atoms with E-state index in [1.807, 2.05) is 60.8 Å². The van der Waals surface area contributed by atoms with Crippen molar-refractivity contribution in [1.82, 2.24) is 29.7 Å². The van der Waals surface area contributed by atoms with Crippen molar-refractivity contribution in [2.24, 2.45) is 0 Å². The summed E-state index contributed by atoms with van der Waals surface area (Å²) < 4.78 is 70.3. The summed E-state index contributed by atoms with van der Waals surface area (Å²) in [7, 11) is 8.60.